The van der Waals surface area contributed by atoms with Gasteiger partial charge in [0.05, 0.1) is 0 Å². The molecule has 0 amide bonds. The van der Waals surface area contributed by atoms with Crippen molar-refractivity contribution in [3.63, 3.8) is 0 Å². The Hall–Kier alpha value is 1.03. The van der Waals surface area contributed by atoms with Crippen LogP contribution >= 0.6 is 55.3 Å². The maximum Gasteiger partial charge on any atom is 0.322 e. The van der Waals surface area contributed by atoms with Crippen LogP contribution in [0, 0.1) is 0 Å². The Morgan fingerprint density at radius 2 is 1.21 bits per heavy atom. The van der Waals surface area contributed by atoms with Crippen LogP contribution in [0.25, 0.3) is 0 Å². The molecule has 2 aliphatic heterocycles. The second-order valence-corrected chi connectivity index (χ2v) is 7.61. The van der Waals surface area contributed by atoms with E-state index in [9.17, 15) is 4.57 Å². The highest BCUT2D eigenvalue weighted by Gasteiger charge is 2.20. The molecule has 0 fully saturated rings. The van der Waals surface area contributed by atoms with Crippen LogP contribution < -0.4 is 0 Å². The maximum atomic E-state index is 11.4. The predicted octanol–water partition coefficient (Wildman–Crippen LogP) is 3.88. The van der Waals surface area contributed by atoms with Crippen LogP contribution in [-0.4, -0.2) is 9.54 Å². The Morgan fingerprint density at radius 3 is 1.57 bits per heavy atom. The average molecular weight is 286 g/mol. The van der Waals surface area contributed by atoms with Gasteiger partial charge in [-0.2, -0.15) is 0 Å². The second kappa shape index (κ2) is 5.94. The summed E-state index contributed by atoms with van der Waals surface area (Å²) in [5.74, 6) is 0. The molecular weight excluding hydrogens is 279 g/mol. The number of thioether (sulfide) groups is 4. The highest BCUT2D eigenvalue weighted by molar-refractivity contribution is 8.22. The lowest BCUT2D eigenvalue weighted by Crippen LogP contribution is -1.97. The molecule has 78 valence electrons. The first-order valence-corrected chi connectivity index (χ1v) is 8.63. The normalized spacial score (nSPS) is 22.9. The Labute approximate surface area is 99.8 Å². The van der Waals surface area contributed by atoms with Crippen molar-refractivity contribution in [1.29, 1.82) is 0 Å². The molecule has 0 aliphatic carbocycles. The van der Waals surface area contributed by atoms with Crippen molar-refractivity contribution in [2.24, 2.45) is 0 Å². The predicted molar refractivity (Wildman–Crippen MR) is 67.4 cm³/mol. The third kappa shape index (κ3) is 3.56. The molecule has 0 spiro atoms. The molecule has 0 aromatic carbocycles. The zero-order valence-corrected chi connectivity index (χ0v) is 11.1. The first-order chi connectivity index (χ1) is 6.84. The second-order valence-electron chi connectivity index (χ2n) is 2.15. The first kappa shape index (κ1) is 11.5. The SMILES string of the molecule is O=[PH](OC1SC=CS1)OC1SC=CS1. The van der Waals surface area contributed by atoms with Crippen LogP contribution in [0.3, 0.4) is 0 Å². The van der Waals surface area contributed by atoms with Crippen LogP contribution in [0.1, 0.15) is 0 Å². The molecule has 0 bridgehead atoms. The van der Waals surface area contributed by atoms with E-state index < -0.39 is 8.25 Å². The summed E-state index contributed by atoms with van der Waals surface area (Å²) in [5, 5.41) is 7.69. The largest absolute Gasteiger partial charge is 0.322 e. The van der Waals surface area contributed by atoms with Crippen molar-refractivity contribution in [2.75, 3.05) is 0 Å². The lowest BCUT2D eigenvalue weighted by Gasteiger charge is -2.12. The van der Waals surface area contributed by atoms with Crippen molar-refractivity contribution in [2.45, 2.75) is 9.54 Å². The van der Waals surface area contributed by atoms with Crippen LogP contribution in [0.5, 0.6) is 0 Å². The zero-order chi connectivity index (χ0) is 9.80. The maximum absolute atomic E-state index is 11.4. The summed E-state index contributed by atoms with van der Waals surface area (Å²) in [5.41, 5.74) is 0. The Morgan fingerprint density at radius 1 is 0.857 bits per heavy atom. The summed E-state index contributed by atoms with van der Waals surface area (Å²) in [4.78, 5) is 0. The Bertz CT molecular complexity index is 240. The van der Waals surface area contributed by atoms with Gasteiger partial charge in [-0.25, -0.2) is 0 Å². The Kier molecular flexibility index (Phi) is 4.88. The molecule has 0 saturated heterocycles. The molecule has 0 saturated carbocycles. The molecular formula is C6H7O3PS4. The van der Waals surface area contributed by atoms with E-state index in [1.807, 2.05) is 21.6 Å². The van der Waals surface area contributed by atoms with Gasteiger partial charge >= 0.3 is 8.25 Å². The fourth-order valence-corrected chi connectivity index (χ4v) is 5.77. The minimum Gasteiger partial charge on any atom is -0.285 e. The summed E-state index contributed by atoms with van der Waals surface area (Å²) < 4.78 is 21.6. The van der Waals surface area contributed by atoms with Crippen molar-refractivity contribution in [3.8, 4) is 0 Å². The molecule has 2 rings (SSSR count). The van der Waals surface area contributed by atoms with Gasteiger partial charge < -0.3 is 0 Å². The number of hydrogen-bond acceptors (Lipinski definition) is 7. The van der Waals surface area contributed by atoms with Gasteiger partial charge in [-0.15, -0.1) is 0 Å². The minimum atomic E-state index is -2.37. The average Bonchev–Trinajstić information content (AvgIpc) is 2.76. The van der Waals surface area contributed by atoms with Gasteiger partial charge in [0.25, 0.3) is 0 Å². The summed E-state index contributed by atoms with van der Waals surface area (Å²) in [6, 6.07) is 0. The van der Waals surface area contributed by atoms with Gasteiger partial charge in [0, 0.05) is 0 Å². The van der Waals surface area contributed by atoms with Gasteiger partial charge in [-0.1, -0.05) is 47.0 Å². The summed E-state index contributed by atoms with van der Waals surface area (Å²) in [6.07, 6.45) is 0. The molecule has 8 heteroatoms. The molecule has 2 aliphatic rings. The molecule has 2 heterocycles. The van der Waals surface area contributed by atoms with E-state index >= 15 is 0 Å². The standard InChI is InChI=1S/C6H7O3PS4/c7-10(8-5-11-1-2-12-5)9-6-13-3-4-14-6/h1-6,10H. The summed E-state index contributed by atoms with van der Waals surface area (Å²) >= 11 is 6.02. The Balaban J connectivity index is 1.68. The molecule has 0 atom stereocenters. The topological polar surface area (TPSA) is 35.5 Å². The quantitative estimate of drug-likeness (QED) is 0.726. The molecule has 0 aromatic rings. The smallest absolute Gasteiger partial charge is 0.285 e. The fraction of sp³-hybridized carbons (Fsp3) is 0.333. The van der Waals surface area contributed by atoms with Gasteiger partial charge in [0.2, 0.25) is 0 Å². The van der Waals surface area contributed by atoms with Crippen LogP contribution in [0.2, 0.25) is 0 Å². The van der Waals surface area contributed by atoms with Crippen molar-refractivity contribution >= 4 is 55.3 Å². The first-order valence-electron chi connectivity index (χ1n) is 3.64. The summed E-state index contributed by atoms with van der Waals surface area (Å²) in [7, 11) is -2.37. The lowest BCUT2D eigenvalue weighted by molar-refractivity contribution is 0.264. The van der Waals surface area contributed by atoms with Crippen molar-refractivity contribution in [3.05, 3.63) is 21.6 Å². The zero-order valence-electron chi connectivity index (χ0n) is 6.82. The van der Waals surface area contributed by atoms with E-state index in [-0.39, 0.29) is 9.54 Å². The van der Waals surface area contributed by atoms with Crippen LogP contribution in [0.15, 0.2) is 21.6 Å². The minimum absolute atomic E-state index is 0.106. The third-order valence-corrected chi connectivity index (χ3v) is 6.92. The molecule has 3 nitrogen and oxygen atoms in total. The van der Waals surface area contributed by atoms with E-state index in [1.165, 1.54) is 47.0 Å². The van der Waals surface area contributed by atoms with Gasteiger partial charge in [-0.3, -0.25) is 13.6 Å². The van der Waals surface area contributed by atoms with Crippen LogP contribution in [-0.2, 0) is 13.6 Å². The van der Waals surface area contributed by atoms with Crippen molar-refractivity contribution in [1.82, 2.24) is 0 Å². The molecule has 0 aromatic heterocycles. The van der Waals surface area contributed by atoms with E-state index in [0.717, 1.165) is 0 Å². The molecule has 0 radical (unpaired) electrons. The molecule has 14 heavy (non-hydrogen) atoms. The fourth-order valence-electron chi connectivity index (χ4n) is 0.745. The molecule has 0 N–H and O–H groups in total. The van der Waals surface area contributed by atoms with E-state index in [4.69, 9.17) is 9.05 Å². The van der Waals surface area contributed by atoms with Gasteiger partial charge in [-0.05, 0) is 21.6 Å². The summed E-state index contributed by atoms with van der Waals surface area (Å²) in [6.45, 7) is 0. The van der Waals surface area contributed by atoms with Gasteiger partial charge in [0.15, 0.2) is 9.54 Å². The van der Waals surface area contributed by atoms with Crippen molar-refractivity contribution < 1.29 is 13.6 Å². The molecule has 0 unspecified atom stereocenters. The van der Waals surface area contributed by atoms with E-state index in [1.54, 1.807) is 0 Å². The van der Waals surface area contributed by atoms with E-state index in [0.29, 0.717) is 0 Å². The van der Waals surface area contributed by atoms with Crippen LogP contribution in [0.4, 0.5) is 0 Å². The lowest BCUT2D eigenvalue weighted by atomic mass is 11.3. The number of rotatable bonds is 4. The highest BCUT2D eigenvalue weighted by Crippen LogP contribution is 2.45. The third-order valence-electron chi connectivity index (χ3n) is 1.25. The monoisotopic (exact) mass is 286 g/mol. The highest BCUT2D eigenvalue weighted by atomic mass is 32.2. The van der Waals surface area contributed by atoms with E-state index in [2.05, 4.69) is 0 Å². The van der Waals surface area contributed by atoms with Gasteiger partial charge in [0.1, 0.15) is 0 Å². The number of hydrogen-bond donors (Lipinski definition) is 0.